The maximum atomic E-state index is 5.71. The van der Waals surface area contributed by atoms with E-state index in [0.717, 1.165) is 16.9 Å². The molecular formula is C11H12N2O2. The SMILES string of the molecule is COc1ccc(-c2oncc2N)cc1C. The Morgan fingerprint density at radius 2 is 2.20 bits per heavy atom. The molecule has 4 heteroatoms. The first-order valence-corrected chi connectivity index (χ1v) is 4.57. The average Bonchev–Trinajstić information content (AvgIpc) is 2.64. The second-order valence-electron chi connectivity index (χ2n) is 3.29. The molecule has 0 atom stereocenters. The lowest BCUT2D eigenvalue weighted by Gasteiger charge is -2.05. The fraction of sp³-hybridized carbons (Fsp3) is 0.182. The van der Waals surface area contributed by atoms with Crippen LogP contribution in [0.15, 0.2) is 28.9 Å². The lowest BCUT2D eigenvalue weighted by atomic mass is 10.1. The Hall–Kier alpha value is -1.97. The standard InChI is InChI=1S/C11H12N2O2/c1-7-5-8(3-4-10(7)14-2)11-9(12)6-13-15-11/h3-6H,12H2,1-2H3. The van der Waals surface area contributed by atoms with Crippen molar-refractivity contribution < 1.29 is 9.26 Å². The van der Waals surface area contributed by atoms with E-state index in [2.05, 4.69) is 5.16 Å². The molecule has 0 bridgehead atoms. The molecule has 0 saturated carbocycles. The Morgan fingerprint density at radius 3 is 2.73 bits per heavy atom. The highest BCUT2D eigenvalue weighted by molar-refractivity contribution is 5.71. The van der Waals surface area contributed by atoms with Crippen molar-refractivity contribution in [3.05, 3.63) is 30.0 Å². The van der Waals surface area contributed by atoms with E-state index in [0.29, 0.717) is 11.4 Å². The van der Waals surface area contributed by atoms with Crippen molar-refractivity contribution in [2.24, 2.45) is 0 Å². The molecule has 0 spiro atoms. The largest absolute Gasteiger partial charge is 0.496 e. The number of aromatic nitrogens is 1. The highest BCUT2D eigenvalue weighted by Gasteiger charge is 2.09. The normalized spacial score (nSPS) is 10.3. The smallest absolute Gasteiger partial charge is 0.189 e. The quantitative estimate of drug-likeness (QED) is 0.814. The van der Waals surface area contributed by atoms with Gasteiger partial charge in [0.25, 0.3) is 0 Å². The zero-order valence-electron chi connectivity index (χ0n) is 8.65. The van der Waals surface area contributed by atoms with Crippen molar-refractivity contribution >= 4 is 5.69 Å². The molecule has 15 heavy (non-hydrogen) atoms. The van der Waals surface area contributed by atoms with Crippen LogP contribution in [0.5, 0.6) is 5.75 Å². The molecule has 1 heterocycles. The molecule has 0 aliphatic carbocycles. The Morgan fingerprint density at radius 1 is 1.40 bits per heavy atom. The Balaban J connectivity index is 2.47. The molecule has 0 amide bonds. The van der Waals surface area contributed by atoms with Crippen LogP contribution in [-0.4, -0.2) is 12.3 Å². The molecule has 1 aromatic heterocycles. The van der Waals surface area contributed by atoms with Crippen LogP contribution in [0.25, 0.3) is 11.3 Å². The summed E-state index contributed by atoms with van der Waals surface area (Å²) in [7, 11) is 1.64. The van der Waals surface area contributed by atoms with Gasteiger partial charge in [-0.25, -0.2) is 0 Å². The van der Waals surface area contributed by atoms with Gasteiger partial charge in [0.1, 0.15) is 11.4 Å². The molecule has 0 fully saturated rings. The van der Waals surface area contributed by atoms with Crippen molar-refractivity contribution in [3.8, 4) is 17.1 Å². The number of methoxy groups -OCH3 is 1. The predicted octanol–water partition coefficient (Wildman–Crippen LogP) is 2.24. The Kier molecular flexibility index (Phi) is 2.33. The van der Waals surface area contributed by atoms with Crippen LogP contribution in [0.1, 0.15) is 5.56 Å². The summed E-state index contributed by atoms with van der Waals surface area (Å²) in [6.07, 6.45) is 1.49. The van der Waals surface area contributed by atoms with Crippen LogP contribution in [0.3, 0.4) is 0 Å². The van der Waals surface area contributed by atoms with Gasteiger partial charge in [0.15, 0.2) is 5.76 Å². The van der Waals surface area contributed by atoms with Gasteiger partial charge < -0.3 is 15.0 Å². The fourth-order valence-electron chi connectivity index (χ4n) is 1.49. The molecule has 0 saturated heterocycles. The minimum atomic E-state index is 0.541. The lowest BCUT2D eigenvalue weighted by Crippen LogP contribution is -1.89. The summed E-state index contributed by atoms with van der Waals surface area (Å²) in [6, 6.07) is 5.73. The van der Waals surface area contributed by atoms with Crippen LogP contribution < -0.4 is 10.5 Å². The number of nitrogen functional groups attached to an aromatic ring is 1. The topological polar surface area (TPSA) is 61.3 Å². The molecule has 2 rings (SSSR count). The number of rotatable bonds is 2. The van der Waals surface area contributed by atoms with Crippen LogP contribution in [0, 0.1) is 6.92 Å². The van der Waals surface area contributed by atoms with Crippen molar-refractivity contribution in [1.82, 2.24) is 5.16 Å². The van der Waals surface area contributed by atoms with Crippen LogP contribution in [0.2, 0.25) is 0 Å². The molecule has 0 radical (unpaired) electrons. The third-order valence-corrected chi connectivity index (χ3v) is 2.26. The van der Waals surface area contributed by atoms with Gasteiger partial charge in [0.05, 0.1) is 13.3 Å². The molecule has 0 aliphatic rings. The van der Waals surface area contributed by atoms with E-state index in [-0.39, 0.29) is 0 Å². The Labute approximate surface area is 87.6 Å². The first-order chi connectivity index (χ1) is 7.22. The molecule has 0 unspecified atom stereocenters. The molecule has 0 aliphatic heterocycles. The van der Waals surface area contributed by atoms with Crippen LogP contribution >= 0.6 is 0 Å². The number of aryl methyl sites for hydroxylation is 1. The third kappa shape index (κ3) is 1.66. The van der Waals surface area contributed by atoms with Crippen molar-refractivity contribution in [1.29, 1.82) is 0 Å². The third-order valence-electron chi connectivity index (χ3n) is 2.26. The van der Waals surface area contributed by atoms with Crippen LogP contribution in [0.4, 0.5) is 5.69 Å². The van der Waals surface area contributed by atoms with E-state index in [1.54, 1.807) is 7.11 Å². The monoisotopic (exact) mass is 204 g/mol. The van der Waals surface area contributed by atoms with Gasteiger partial charge in [-0.05, 0) is 30.7 Å². The van der Waals surface area contributed by atoms with Crippen molar-refractivity contribution in [2.75, 3.05) is 12.8 Å². The number of nitrogens with zero attached hydrogens (tertiary/aromatic N) is 1. The summed E-state index contributed by atoms with van der Waals surface area (Å²) in [5.41, 5.74) is 8.19. The summed E-state index contributed by atoms with van der Waals surface area (Å²) in [6.45, 7) is 1.97. The van der Waals surface area contributed by atoms with Gasteiger partial charge in [-0.2, -0.15) is 0 Å². The van der Waals surface area contributed by atoms with Gasteiger partial charge >= 0.3 is 0 Å². The predicted molar refractivity (Wildman–Crippen MR) is 57.6 cm³/mol. The average molecular weight is 204 g/mol. The zero-order valence-corrected chi connectivity index (χ0v) is 8.65. The summed E-state index contributed by atoms with van der Waals surface area (Å²) in [5, 5.41) is 3.64. The summed E-state index contributed by atoms with van der Waals surface area (Å²) < 4.78 is 10.2. The number of hydrogen-bond acceptors (Lipinski definition) is 4. The molecule has 78 valence electrons. The minimum Gasteiger partial charge on any atom is -0.496 e. The van der Waals surface area contributed by atoms with E-state index in [1.165, 1.54) is 6.20 Å². The molecular weight excluding hydrogens is 192 g/mol. The minimum absolute atomic E-state index is 0.541. The van der Waals surface area contributed by atoms with Crippen LogP contribution in [-0.2, 0) is 0 Å². The number of ether oxygens (including phenoxy) is 1. The van der Waals surface area contributed by atoms with E-state index in [1.807, 2.05) is 25.1 Å². The lowest BCUT2D eigenvalue weighted by molar-refractivity contribution is 0.411. The number of nitrogens with two attached hydrogens (primary N) is 1. The van der Waals surface area contributed by atoms with Gasteiger partial charge in [0, 0.05) is 5.56 Å². The highest BCUT2D eigenvalue weighted by atomic mass is 16.5. The summed E-state index contributed by atoms with van der Waals surface area (Å²) in [4.78, 5) is 0. The van der Waals surface area contributed by atoms with Gasteiger partial charge in [-0.3, -0.25) is 0 Å². The van der Waals surface area contributed by atoms with E-state index in [4.69, 9.17) is 15.0 Å². The fourth-order valence-corrected chi connectivity index (χ4v) is 1.49. The highest BCUT2D eigenvalue weighted by Crippen LogP contribution is 2.29. The molecule has 4 nitrogen and oxygen atoms in total. The first kappa shape index (κ1) is 9.58. The van der Waals surface area contributed by atoms with E-state index >= 15 is 0 Å². The zero-order chi connectivity index (χ0) is 10.8. The first-order valence-electron chi connectivity index (χ1n) is 4.57. The van der Waals surface area contributed by atoms with Gasteiger partial charge in [-0.15, -0.1) is 0 Å². The number of benzene rings is 1. The number of hydrogen-bond donors (Lipinski definition) is 1. The molecule has 1 aromatic carbocycles. The number of anilines is 1. The maximum Gasteiger partial charge on any atom is 0.189 e. The van der Waals surface area contributed by atoms with E-state index in [9.17, 15) is 0 Å². The Bertz CT molecular complexity index is 477. The summed E-state index contributed by atoms with van der Waals surface area (Å²) in [5.74, 6) is 1.44. The molecule has 2 aromatic rings. The van der Waals surface area contributed by atoms with Crippen molar-refractivity contribution in [2.45, 2.75) is 6.92 Å². The molecule has 2 N–H and O–H groups in total. The second-order valence-corrected chi connectivity index (χ2v) is 3.29. The van der Waals surface area contributed by atoms with Crippen molar-refractivity contribution in [3.63, 3.8) is 0 Å². The maximum absolute atomic E-state index is 5.71. The second kappa shape index (κ2) is 3.65. The van der Waals surface area contributed by atoms with E-state index < -0.39 is 0 Å². The van der Waals surface area contributed by atoms with Gasteiger partial charge in [0.2, 0.25) is 0 Å². The summed E-state index contributed by atoms with van der Waals surface area (Å²) >= 11 is 0. The van der Waals surface area contributed by atoms with Gasteiger partial charge in [-0.1, -0.05) is 5.16 Å².